The molecular formula is C20H22F3N5O4. The Kier molecular flexibility index (Phi) is 6.92. The van der Waals surface area contributed by atoms with Crippen molar-refractivity contribution in [3.8, 4) is 17.0 Å². The summed E-state index contributed by atoms with van der Waals surface area (Å²) >= 11 is 0. The van der Waals surface area contributed by atoms with Crippen LogP contribution in [0.2, 0.25) is 0 Å². The van der Waals surface area contributed by atoms with E-state index in [2.05, 4.69) is 20.5 Å². The van der Waals surface area contributed by atoms with Crippen molar-refractivity contribution < 1.29 is 32.6 Å². The number of hydrogen-bond donors (Lipinski definition) is 2. The molecule has 1 fully saturated rings. The Labute approximate surface area is 181 Å². The number of carboxylic acids is 1. The molecule has 12 heteroatoms. The molecule has 9 nitrogen and oxygen atoms in total. The third kappa shape index (κ3) is 5.90. The summed E-state index contributed by atoms with van der Waals surface area (Å²) in [4.78, 5) is 28.5. The number of piperidine rings is 1. The van der Waals surface area contributed by atoms with Gasteiger partial charge in [-0.2, -0.15) is 13.2 Å². The number of nitrogens with zero attached hydrogens (tertiary/aromatic N) is 4. The molecule has 0 amide bonds. The fraction of sp³-hybridized carbons (Fsp3) is 0.450. The number of carbonyl (C=O) groups excluding carboxylic acids is 1. The number of aliphatic carboxylic acids is 1. The largest absolute Gasteiger partial charge is 0.480 e. The molecule has 0 bridgehead atoms. The van der Waals surface area contributed by atoms with E-state index in [1.54, 1.807) is 6.92 Å². The smallest absolute Gasteiger partial charge is 0.416 e. The molecule has 1 aromatic carbocycles. The van der Waals surface area contributed by atoms with Gasteiger partial charge in [0, 0.05) is 25.1 Å². The van der Waals surface area contributed by atoms with Gasteiger partial charge in [0.05, 0.1) is 17.8 Å². The number of nitrogens with one attached hydrogen (secondary N) is 1. The molecule has 3 rings (SSSR count). The molecule has 1 aliphatic heterocycles. The zero-order chi connectivity index (χ0) is 23.5. The average molecular weight is 453 g/mol. The molecule has 0 unspecified atom stereocenters. The number of halogens is 3. The predicted molar refractivity (Wildman–Crippen MR) is 107 cm³/mol. The molecule has 2 N–H and O–H groups in total. The number of alkyl halides is 3. The van der Waals surface area contributed by atoms with Crippen molar-refractivity contribution in [3.05, 3.63) is 29.5 Å². The number of carboxylic acid groups (broad SMARTS) is 1. The second-order valence-electron chi connectivity index (χ2n) is 7.48. The lowest BCUT2D eigenvalue weighted by molar-refractivity contribution is -0.139. The fourth-order valence-corrected chi connectivity index (χ4v) is 3.54. The maximum absolute atomic E-state index is 13.1. The van der Waals surface area contributed by atoms with Crippen molar-refractivity contribution in [1.82, 2.24) is 20.1 Å². The Hall–Kier alpha value is -3.28. The molecule has 32 heavy (non-hydrogen) atoms. The number of ether oxygens (including phenoxy) is 1. The van der Waals surface area contributed by atoms with E-state index in [4.69, 9.17) is 9.84 Å². The second kappa shape index (κ2) is 9.47. The molecular weight excluding hydrogens is 431 g/mol. The quantitative estimate of drug-likeness (QED) is 0.503. The van der Waals surface area contributed by atoms with E-state index in [9.17, 15) is 22.8 Å². The Morgan fingerprint density at radius 3 is 2.69 bits per heavy atom. The van der Waals surface area contributed by atoms with Crippen LogP contribution in [0.4, 0.5) is 19.1 Å². The number of anilines is 1. The van der Waals surface area contributed by atoms with Gasteiger partial charge in [0.2, 0.25) is 5.95 Å². The van der Waals surface area contributed by atoms with Crippen molar-refractivity contribution >= 4 is 17.9 Å². The fourth-order valence-electron chi connectivity index (χ4n) is 3.54. The summed E-state index contributed by atoms with van der Waals surface area (Å²) < 4.78 is 44.2. The molecule has 0 aliphatic carbocycles. The van der Waals surface area contributed by atoms with E-state index in [0.717, 1.165) is 38.0 Å². The van der Waals surface area contributed by atoms with Crippen LogP contribution >= 0.6 is 0 Å². The average Bonchev–Trinajstić information content (AvgIpc) is 2.67. The van der Waals surface area contributed by atoms with Crippen LogP contribution in [0.5, 0.6) is 5.75 Å². The number of aryl methyl sites for hydroxylation is 1. The zero-order valence-corrected chi connectivity index (χ0v) is 17.4. The van der Waals surface area contributed by atoms with E-state index >= 15 is 0 Å². The monoisotopic (exact) mass is 453 g/mol. The molecule has 0 saturated carbocycles. The zero-order valence-electron chi connectivity index (χ0n) is 17.4. The van der Waals surface area contributed by atoms with E-state index < -0.39 is 23.7 Å². The lowest BCUT2D eigenvalue weighted by Gasteiger charge is -2.31. The number of likely N-dealkylation sites (tertiary alicyclic amines) is 1. The minimum Gasteiger partial charge on any atom is -0.480 e. The lowest BCUT2D eigenvalue weighted by Crippen LogP contribution is -2.44. The van der Waals surface area contributed by atoms with Gasteiger partial charge in [-0.1, -0.05) is 0 Å². The number of carbonyl (C=O) groups is 2. The summed E-state index contributed by atoms with van der Waals surface area (Å²) in [6, 6.07) is 2.70. The summed E-state index contributed by atoms with van der Waals surface area (Å²) in [7, 11) is 0. The first kappa shape index (κ1) is 23.4. The van der Waals surface area contributed by atoms with E-state index in [1.165, 1.54) is 0 Å². The normalized spacial score (nSPS) is 17.1. The molecule has 1 aliphatic rings. The number of esters is 1. The Morgan fingerprint density at radius 1 is 1.31 bits per heavy atom. The van der Waals surface area contributed by atoms with Crippen LogP contribution in [-0.4, -0.2) is 62.8 Å². The van der Waals surface area contributed by atoms with Crippen LogP contribution in [0.15, 0.2) is 18.2 Å². The first-order chi connectivity index (χ1) is 15.0. The van der Waals surface area contributed by atoms with Crippen molar-refractivity contribution in [3.63, 3.8) is 0 Å². The Bertz CT molecular complexity index is 1020. The maximum atomic E-state index is 13.1. The molecule has 2 heterocycles. The van der Waals surface area contributed by atoms with Crippen LogP contribution in [0, 0.1) is 6.92 Å². The van der Waals surface area contributed by atoms with Gasteiger partial charge >= 0.3 is 18.1 Å². The molecule has 1 aromatic heterocycles. The molecule has 1 saturated heterocycles. The summed E-state index contributed by atoms with van der Waals surface area (Å²) in [5.74, 6) is -1.74. The number of hydrogen-bond acceptors (Lipinski definition) is 8. The highest BCUT2D eigenvalue weighted by Gasteiger charge is 2.32. The lowest BCUT2D eigenvalue weighted by atomic mass is 10.1. The van der Waals surface area contributed by atoms with Crippen LogP contribution in [0.3, 0.4) is 0 Å². The third-order valence-electron chi connectivity index (χ3n) is 4.88. The van der Waals surface area contributed by atoms with Gasteiger partial charge in [0.25, 0.3) is 0 Å². The first-order valence-electron chi connectivity index (χ1n) is 9.85. The van der Waals surface area contributed by atoms with Gasteiger partial charge in [-0.05, 0) is 44.5 Å². The SMILES string of the molecule is CC(=O)Oc1cc(C(F)(F)F)ccc1-c1nnc(N[C@@H]2CCCN(CC(=O)O)C2)nc1C. The first-order valence-corrected chi connectivity index (χ1v) is 9.85. The molecule has 1 atom stereocenters. The van der Waals surface area contributed by atoms with Gasteiger partial charge in [0.15, 0.2) is 0 Å². The van der Waals surface area contributed by atoms with E-state index in [1.807, 2.05) is 4.90 Å². The highest BCUT2D eigenvalue weighted by Crippen LogP contribution is 2.37. The van der Waals surface area contributed by atoms with Gasteiger partial charge in [-0.25, -0.2) is 4.98 Å². The van der Waals surface area contributed by atoms with Crippen molar-refractivity contribution in [2.75, 3.05) is 25.0 Å². The van der Waals surface area contributed by atoms with Crippen LogP contribution in [0.25, 0.3) is 11.3 Å². The number of aromatic nitrogens is 3. The van der Waals surface area contributed by atoms with Crippen LogP contribution < -0.4 is 10.1 Å². The van der Waals surface area contributed by atoms with Crippen molar-refractivity contribution in [2.24, 2.45) is 0 Å². The van der Waals surface area contributed by atoms with Crippen LogP contribution in [0.1, 0.15) is 31.0 Å². The highest BCUT2D eigenvalue weighted by molar-refractivity contribution is 5.76. The van der Waals surface area contributed by atoms with Gasteiger partial charge in [-0.3, -0.25) is 14.5 Å². The minimum absolute atomic E-state index is 0.0535. The Balaban J connectivity index is 1.83. The molecule has 0 spiro atoms. The third-order valence-corrected chi connectivity index (χ3v) is 4.88. The number of benzene rings is 1. The Morgan fingerprint density at radius 2 is 2.06 bits per heavy atom. The van der Waals surface area contributed by atoms with E-state index in [-0.39, 0.29) is 35.5 Å². The minimum atomic E-state index is -4.60. The maximum Gasteiger partial charge on any atom is 0.416 e. The summed E-state index contributed by atoms with van der Waals surface area (Å²) in [6.45, 7) is 3.84. The standard InChI is InChI=1S/C20H22F3N5O4/c1-11-18(15-6-5-13(20(21,22)23)8-16(15)32-12(2)29)26-27-19(24-11)25-14-4-3-7-28(9-14)10-17(30)31/h5-6,8,14H,3-4,7,9-10H2,1-2H3,(H,30,31)(H,24,25,27)/t14-/m1/s1. The predicted octanol–water partition coefficient (Wildman–Crippen LogP) is 2.75. The van der Waals surface area contributed by atoms with Gasteiger partial charge in [-0.15, -0.1) is 10.2 Å². The van der Waals surface area contributed by atoms with E-state index in [0.29, 0.717) is 18.8 Å². The topological polar surface area (TPSA) is 118 Å². The number of rotatable bonds is 6. The summed E-state index contributed by atoms with van der Waals surface area (Å²) in [6.07, 6.45) is -2.99. The summed E-state index contributed by atoms with van der Waals surface area (Å²) in [5, 5.41) is 20.2. The van der Waals surface area contributed by atoms with Crippen LogP contribution in [-0.2, 0) is 15.8 Å². The van der Waals surface area contributed by atoms with Gasteiger partial charge < -0.3 is 15.2 Å². The highest BCUT2D eigenvalue weighted by atomic mass is 19.4. The van der Waals surface area contributed by atoms with Crippen molar-refractivity contribution in [2.45, 2.75) is 38.9 Å². The molecule has 2 aromatic rings. The molecule has 172 valence electrons. The second-order valence-corrected chi connectivity index (χ2v) is 7.48. The van der Waals surface area contributed by atoms with Crippen molar-refractivity contribution in [1.29, 1.82) is 0 Å². The molecule has 0 radical (unpaired) electrons. The van der Waals surface area contributed by atoms with Gasteiger partial charge in [0.1, 0.15) is 11.4 Å². The summed E-state index contributed by atoms with van der Waals surface area (Å²) in [5.41, 5.74) is -0.259.